The number of nitrogens with two attached hydrogens (primary N) is 2. The van der Waals surface area contributed by atoms with Crippen LogP contribution in [0, 0.1) is 58.7 Å². The van der Waals surface area contributed by atoms with Gasteiger partial charge in [0.1, 0.15) is 5.84 Å². The van der Waals surface area contributed by atoms with Crippen LogP contribution < -0.4 is 11.7 Å². The van der Waals surface area contributed by atoms with Crippen LogP contribution in [0.1, 0.15) is 85.0 Å². The molecule has 0 aromatic heterocycles. The summed E-state index contributed by atoms with van der Waals surface area (Å²) in [4.78, 5) is 0. The number of hydrazone groups is 1. The summed E-state index contributed by atoms with van der Waals surface area (Å²) in [7, 11) is 0. The van der Waals surface area contributed by atoms with E-state index in [2.05, 4.69) is 18.9 Å². The Kier molecular flexibility index (Phi) is 5.16. The second-order valence-corrected chi connectivity index (χ2v) is 12.1. The van der Waals surface area contributed by atoms with Crippen LogP contribution in [0.15, 0.2) is 5.10 Å². The van der Waals surface area contributed by atoms with Crippen LogP contribution in [-0.4, -0.2) is 17.4 Å². The van der Waals surface area contributed by atoms with E-state index in [1.807, 2.05) is 6.92 Å². The number of hydrogen-bond acceptors (Lipinski definition) is 3. The molecule has 164 valence electrons. The number of rotatable bonds is 3. The van der Waals surface area contributed by atoms with E-state index >= 15 is 0 Å². The minimum atomic E-state index is 0.603. The van der Waals surface area contributed by atoms with E-state index in [1.165, 1.54) is 44.9 Å². The molecule has 0 amide bonds. The number of hydrazine groups is 1. The first-order chi connectivity index (χ1) is 13.9. The fourth-order valence-corrected chi connectivity index (χ4v) is 9.26. The second kappa shape index (κ2) is 7.43. The summed E-state index contributed by atoms with van der Waals surface area (Å²) < 4.78 is 0. The molecule has 4 nitrogen and oxygen atoms in total. The van der Waals surface area contributed by atoms with E-state index in [-0.39, 0.29) is 0 Å². The van der Waals surface area contributed by atoms with Gasteiger partial charge in [-0.3, -0.25) is 5.01 Å². The molecule has 0 spiro atoms. The molecule has 5 aliphatic rings. The highest BCUT2D eigenvalue weighted by Crippen LogP contribution is 2.68. The van der Waals surface area contributed by atoms with E-state index in [0.717, 1.165) is 65.6 Å². The third kappa shape index (κ3) is 3.32. The Balaban J connectivity index is 1.25. The third-order valence-electron chi connectivity index (χ3n) is 10.8. The standard InChI is InChI=1S/C25H44N4/c1-15-4-6-19-17(12-15)5-7-21-20(19)10-11-25(3)23(21)8-9-24(25)22-13-18(22)14-29(27)16(2)28-26/h15,17-24H,4-14,26-27H2,1-3H3/b28-16-. The van der Waals surface area contributed by atoms with Crippen molar-refractivity contribution < 1.29 is 0 Å². The summed E-state index contributed by atoms with van der Waals surface area (Å²) in [5.41, 5.74) is 0.603. The van der Waals surface area contributed by atoms with Gasteiger partial charge in [0.15, 0.2) is 0 Å². The smallest absolute Gasteiger partial charge is 0.135 e. The molecule has 0 radical (unpaired) electrons. The summed E-state index contributed by atoms with van der Waals surface area (Å²) in [6.07, 6.45) is 15.0. The molecule has 5 fully saturated rings. The lowest BCUT2D eigenvalue weighted by molar-refractivity contribution is -0.0699. The van der Waals surface area contributed by atoms with Gasteiger partial charge in [0.2, 0.25) is 0 Å². The zero-order valence-corrected chi connectivity index (χ0v) is 19.0. The van der Waals surface area contributed by atoms with Crippen molar-refractivity contribution in [1.29, 1.82) is 0 Å². The molecule has 4 heteroatoms. The van der Waals surface area contributed by atoms with Crippen molar-refractivity contribution in [3.05, 3.63) is 0 Å². The quantitative estimate of drug-likeness (QED) is 0.303. The largest absolute Gasteiger partial charge is 0.322 e. The highest BCUT2D eigenvalue weighted by Gasteiger charge is 2.61. The zero-order valence-electron chi connectivity index (χ0n) is 19.0. The van der Waals surface area contributed by atoms with Crippen LogP contribution >= 0.6 is 0 Å². The molecular weight excluding hydrogens is 356 g/mol. The van der Waals surface area contributed by atoms with E-state index in [0.29, 0.717) is 5.41 Å². The monoisotopic (exact) mass is 400 g/mol. The molecule has 0 heterocycles. The number of fused-ring (bicyclic) bond motifs is 5. The van der Waals surface area contributed by atoms with Crippen LogP contribution in [0.5, 0.6) is 0 Å². The Bertz CT molecular complexity index is 647. The molecule has 29 heavy (non-hydrogen) atoms. The van der Waals surface area contributed by atoms with Gasteiger partial charge < -0.3 is 5.84 Å². The van der Waals surface area contributed by atoms with Gasteiger partial charge >= 0.3 is 0 Å². The van der Waals surface area contributed by atoms with Crippen LogP contribution in [0.4, 0.5) is 0 Å². The van der Waals surface area contributed by atoms with Crippen molar-refractivity contribution in [3.8, 4) is 0 Å². The topological polar surface area (TPSA) is 67.6 Å². The molecule has 10 unspecified atom stereocenters. The average Bonchev–Trinajstić information content (AvgIpc) is 3.37. The van der Waals surface area contributed by atoms with Gasteiger partial charge in [0.25, 0.3) is 0 Å². The normalized spacial score (nSPS) is 51.7. The van der Waals surface area contributed by atoms with Gasteiger partial charge in [0, 0.05) is 6.54 Å². The molecule has 0 aromatic carbocycles. The maximum absolute atomic E-state index is 6.18. The van der Waals surface area contributed by atoms with E-state index < -0.39 is 0 Å². The van der Waals surface area contributed by atoms with Gasteiger partial charge in [-0.25, -0.2) is 5.84 Å². The molecule has 0 aliphatic heterocycles. The lowest BCUT2D eigenvalue weighted by atomic mass is 9.49. The number of nitrogens with zero attached hydrogens (tertiary/aromatic N) is 2. The van der Waals surface area contributed by atoms with Gasteiger partial charge in [-0.2, -0.15) is 5.10 Å². The van der Waals surface area contributed by atoms with E-state index in [4.69, 9.17) is 11.7 Å². The lowest BCUT2D eigenvalue weighted by Crippen LogP contribution is -2.48. The summed E-state index contributed by atoms with van der Waals surface area (Å²) >= 11 is 0. The molecule has 5 rings (SSSR count). The maximum atomic E-state index is 6.18. The second-order valence-electron chi connectivity index (χ2n) is 12.1. The zero-order chi connectivity index (χ0) is 20.3. The molecular formula is C25H44N4. The molecule has 0 bridgehead atoms. The Morgan fingerprint density at radius 2 is 1.66 bits per heavy atom. The van der Waals surface area contributed by atoms with E-state index in [1.54, 1.807) is 24.3 Å². The Morgan fingerprint density at radius 3 is 2.41 bits per heavy atom. The predicted molar refractivity (Wildman–Crippen MR) is 120 cm³/mol. The Hall–Kier alpha value is -0.770. The van der Waals surface area contributed by atoms with Gasteiger partial charge in [-0.05, 0) is 123 Å². The van der Waals surface area contributed by atoms with Crippen LogP contribution in [0.25, 0.3) is 0 Å². The van der Waals surface area contributed by atoms with Gasteiger partial charge in [0.05, 0.1) is 0 Å². The summed E-state index contributed by atoms with van der Waals surface area (Å²) in [6.45, 7) is 8.04. The highest BCUT2D eigenvalue weighted by atomic mass is 15.4. The summed E-state index contributed by atoms with van der Waals surface area (Å²) in [5, 5.41) is 5.55. The Labute approximate surface area is 178 Å². The van der Waals surface area contributed by atoms with E-state index in [9.17, 15) is 0 Å². The summed E-state index contributed by atoms with van der Waals surface area (Å²) in [6, 6.07) is 0. The molecule has 0 saturated heterocycles. The van der Waals surface area contributed by atoms with Crippen LogP contribution in [0.2, 0.25) is 0 Å². The molecule has 5 saturated carbocycles. The first-order valence-electron chi connectivity index (χ1n) is 12.7. The molecule has 0 aromatic rings. The van der Waals surface area contributed by atoms with Crippen molar-refractivity contribution in [3.63, 3.8) is 0 Å². The Morgan fingerprint density at radius 1 is 0.931 bits per heavy atom. The lowest BCUT2D eigenvalue weighted by Gasteiger charge is -2.56. The summed E-state index contributed by atoms with van der Waals surface area (Å²) in [5.74, 6) is 21.2. The van der Waals surface area contributed by atoms with Crippen molar-refractivity contribution in [2.45, 2.75) is 85.0 Å². The molecule has 4 N–H and O–H groups in total. The van der Waals surface area contributed by atoms with Crippen molar-refractivity contribution in [1.82, 2.24) is 5.01 Å². The first-order valence-corrected chi connectivity index (χ1v) is 12.7. The fourth-order valence-electron chi connectivity index (χ4n) is 9.26. The van der Waals surface area contributed by atoms with Crippen molar-refractivity contribution in [2.75, 3.05) is 6.54 Å². The molecule has 10 atom stereocenters. The number of hydrogen-bond donors (Lipinski definition) is 2. The van der Waals surface area contributed by atoms with Gasteiger partial charge in [-0.15, -0.1) is 0 Å². The highest BCUT2D eigenvalue weighted by molar-refractivity contribution is 5.78. The fraction of sp³-hybridized carbons (Fsp3) is 0.960. The average molecular weight is 401 g/mol. The predicted octanol–water partition coefficient (Wildman–Crippen LogP) is 5.00. The first kappa shape index (κ1) is 20.2. The third-order valence-corrected chi connectivity index (χ3v) is 10.8. The minimum absolute atomic E-state index is 0.603. The SMILES string of the molecule is C/C(=N/N)N(N)CC1CC1C1CCC2C3CCC4CC(C)CCC4C3CCC12C. The number of amidine groups is 1. The van der Waals surface area contributed by atoms with Gasteiger partial charge in [-0.1, -0.05) is 20.3 Å². The molecule has 5 aliphatic carbocycles. The van der Waals surface area contributed by atoms with Crippen molar-refractivity contribution >= 4 is 5.84 Å². The van der Waals surface area contributed by atoms with Crippen LogP contribution in [-0.2, 0) is 0 Å². The maximum Gasteiger partial charge on any atom is 0.135 e. The van der Waals surface area contributed by atoms with Crippen molar-refractivity contribution in [2.24, 2.45) is 75.5 Å². The minimum Gasteiger partial charge on any atom is -0.322 e. The van der Waals surface area contributed by atoms with Crippen LogP contribution in [0.3, 0.4) is 0 Å².